The molecule has 3 aromatic heterocycles. The Kier molecular flexibility index (Phi) is 3.66. The number of benzene rings is 1. The first-order valence-electron chi connectivity index (χ1n) is 7.89. The Bertz CT molecular complexity index is 956. The Labute approximate surface area is 139 Å². The van der Waals surface area contributed by atoms with Gasteiger partial charge in [0.25, 0.3) is 0 Å². The molecule has 0 fully saturated rings. The number of hydrogen-bond donors (Lipinski definition) is 1. The third-order valence-corrected chi connectivity index (χ3v) is 3.83. The Morgan fingerprint density at radius 1 is 1.25 bits per heavy atom. The van der Waals surface area contributed by atoms with Crippen LogP contribution in [0, 0.1) is 0 Å². The van der Waals surface area contributed by atoms with Crippen molar-refractivity contribution in [2.24, 2.45) is 0 Å². The SMILES string of the molecule is CNCC(C)Oc1ccc2ncc(-c3cc4ccccc4o3)n2n1. The van der Waals surface area contributed by atoms with Crippen LogP contribution in [0.25, 0.3) is 28.1 Å². The average molecular weight is 322 g/mol. The molecule has 0 aliphatic carbocycles. The molecule has 1 unspecified atom stereocenters. The molecule has 0 radical (unpaired) electrons. The predicted molar refractivity (Wildman–Crippen MR) is 92.2 cm³/mol. The second-order valence-corrected chi connectivity index (χ2v) is 5.72. The molecule has 0 amide bonds. The zero-order chi connectivity index (χ0) is 16.5. The van der Waals surface area contributed by atoms with Gasteiger partial charge in [0, 0.05) is 18.0 Å². The van der Waals surface area contributed by atoms with Crippen molar-refractivity contribution in [1.29, 1.82) is 0 Å². The minimum atomic E-state index is 0.0260. The van der Waals surface area contributed by atoms with Crippen LogP contribution in [0.3, 0.4) is 0 Å². The van der Waals surface area contributed by atoms with Crippen molar-refractivity contribution in [1.82, 2.24) is 19.9 Å². The first kappa shape index (κ1) is 14.7. The molecule has 4 rings (SSSR count). The van der Waals surface area contributed by atoms with E-state index in [1.807, 2.05) is 56.4 Å². The predicted octanol–water partition coefficient (Wildman–Crippen LogP) is 3.13. The quantitative estimate of drug-likeness (QED) is 0.611. The number of ether oxygens (including phenoxy) is 1. The van der Waals surface area contributed by atoms with Crippen molar-refractivity contribution in [3.05, 3.63) is 48.7 Å². The molecule has 0 aliphatic heterocycles. The van der Waals surface area contributed by atoms with E-state index < -0.39 is 0 Å². The van der Waals surface area contributed by atoms with Gasteiger partial charge in [-0.05, 0) is 32.2 Å². The third-order valence-electron chi connectivity index (χ3n) is 3.83. The zero-order valence-electron chi connectivity index (χ0n) is 13.6. The van der Waals surface area contributed by atoms with Crippen molar-refractivity contribution in [2.75, 3.05) is 13.6 Å². The maximum absolute atomic E-state index is 5.93. The summed E-state index contributed by atoms with van der Waals surface area (Å²) in [6, 6.07) is 13.6. The van der Waals surface area contributed by atoms with E-state index >= 15 is 0 Å². The molecule has 4 aromatic rings. The number of furan rings is 1. The lowest BCUT2D eigenvalue weighted by Crippen LogP contribution is -2.26. The molecule has 24 heavy (non-hydrogen) atoms. The summed E-state index contributed by atoms with van der Waals surface area (Å²) in [5, 5.41) is 8.69. The van der Waals surface area contributed by atoms with Crippen LogP contribution in [-0.4, -0.2) is 34.3 Å². The number of rotatable bonds is 5. The van der Waals surface area contributed by atoms with Crippen LogP contribution in [0.4, 0.5) is 0 Å². The fourth-order valence-corrected chi connectivity index (χ4v) is 2.73. The van der Waals surface area contributed by atoms with E-state index in [0.717, 1.165) is 34.6 Å². The summed E-state index contributed by atoms with van der Waals surface area (Å²) in [6.45, 7) is 2.75. The van der Waals surface area contributed by atoms with Crippen molar-refractivity contribution in [2.45, 2.75) is 13.0 Å². The second kappa shape index (κ2) is 5.98. The summed E-state index contributed by atoms with van der Waals surface area (Å²) in [7, 11) is 1.89. The van der Waals surface area contributed by atoms with Crippen LogP contribution in [0.2, 0.25) is 0 Å². The number of imidazole rings is 1. The van der Waals surface area contributed by atoms with E-state index in [2.05, 4.69) is 15.4 Å². The van der Waals surface area contributed by atoms with Gasteiger partial charge >= 0.3 is 0 Å². The van der Waals surface area contributed by atoms with E-state index in [4.69, 9.17) is 9.15 Å². The number of aromatic nitrogens is 3. The lowest BCUT2D eigenvalue weighted by atomic mass is 10.2. The number of para-hydroxylation sites is 1. The number of nitrogens with one attached hydrogen (secondary N) is 1. The maximum Gasteiger partial charge on any atom is 0.232 e. The molecule has 0 saturated heterocycles. The Morgan fingerprint density at radius 3 is 2.96 bits per heavy atom. The topological polar surface area (TPSA) is 64.6 Å². The standard InChI is InChI=1S/C18H18N4O2/c1-12(10-19-2)23-18-8-7-17-20-11-14(22(17)21-18)16-9-13-5-3-4-6-15(13)24-16/h3-9,11-12,19H,10H2,1-2H3. The van der Waals surface area contributed by atoms with Crippen LogP contribution in [-0.2, 0) is 0 Å². The molecule has 3 heterocycles. The van der Waals surface area contributed by atoms with Gasteiger partial charge in [-0.25, -0.2) is 9.50 Å². The average Bonchev–Trinajstić information content (AvgIpc) is 3.18. The minimum Gasteiger partial charge on any atom is -0.472 e. The highest BCUT2D eigenvalue weighted by molar-refractivity contribution is 5.82. The molecule has 1 atom stereocenters. The van der Waals surface area contributed by atoms with Gasteiger partial charge in [-0.3, -0.25) is 0 Å². The van der Waals surface area contributed by atoms with Crippen molar-refractivity contribution in [3.8, 4) is 17.3 Å². The molecule has 0 saturated carbocycles. The fourth-order valence-electron chi connectivity index (χ4n) is 2.73. The largest absolute Gasteiger partial charge is 0.472 e. The highest BCUT2D eigenvalue weighted by atomic mass is 16.5. The van der Waals surface area contributed by atoms with Crippen LogP contribution in [0.1, 0.15) is 6.92 Å². The summed E-state index contributed by atoms with van der Waals surface area (Å²) in [4.78, 5) is 4.39. The third kappa shape index (κ3) is 2.61. The summed E-state index contributed by atoms with van der Waals surface area (Å²) in [6.07, 6.45) is 1.79. The smallest absolute Gasteiger partial charge is 0.232 e. The summed E-state index contributed by atoms with van der Waals surface area (Å²) >= 11 is 0. The van der Waals surface area contributed by atoms with Gasteiger partial charge in [-0.1, -0.05) is 18.2 Å². The summed E-state index contributed by atoms with van der Waals surface area (Å²) in [5.74, 6) is 1.29. The van der Waals surface area contributed by atoms with Crippen LogP contribution < -0.4 is 10.1 Å². The van der Waals surface area contributed by atoms with Crippen molar-refractivity contribution < 1.29 is 9.15 Å². The minimum absolute atomic E-state index is 0.0260. The number of likely N-dealkylation sites (N-methyl/N-ethyl adjacent to an activating group) is 1. The molecule has 122 valence electrons. The molecule has 0 spiro atoms. The van der Waals surface area contributed by atoms with E-state index in [0.29, 0.717) is 5.88 Å². The van der Waals surface area contributed by atoms with Gasteiger partial charge in [0.15, 0.2) is 11.4 Å². The highest BCUT2D eigenvalue weighted by Gasteiger charge is 2.13. The molecule has 6 nitrogen and oxygen atoms in total. The van der Waals surface area contributed by atoms with Crippen LogP contribution >= 0.6 is 0 Å². The molecule has 1 N–H and O–H groups in total. The molecule has 0 bridgehead atoms. The van der Waals surface area contributed by atoms with E-state index in [9.17, 15) is 0 Å². The van der Waals surface area contributed by atoms with E-state index in [-0.39, 0.29) is 6.10 Å². The Balaban J connectivity index is 1.75. The first-order chi connectivity index (χ1) is 11.7. The van der Waals surface area contributed by atoms with E-state index in [1.54, 1.807) is 10.7 Å². The first-order valence-corrected chi connectivity index (χ1v) is 7.89. The van der Waals surface area contributed by atoms with Gasteiger partial charge in [-0.2, -0.15) is 0 Å². The Morgan fingerprint density at radius 2 is 2.12 bits per heavy atom. The normalized spacial score (nSPS) is 12.8. The van der Waals surface area contributed by atoms with Gasteiger partial charge in [0.05, 0.1) is 6.20 Å². The Hall–Kier alpha value is -2.86. The number of hydrogen-bond acceptors (Lipinski definition) is 5. The van der Waals surface area contributed by atoms with Gasteiger partial charge in [0.2, 0.25) is 5.88 Å². The molecular formula is C18H18N4O2. The molecule has 1 aromatic carbocycles. The fraction of sp³-hybridized carbons (Fsp3) is 0.222. The second-order valence-electron chi connectivity index (χ2n) is 5.72. The monoisotopic (exact) mass is 322 g/mol. The molecule has 6 heteroatoms. The lowest BCUT2D eigenvalue weighted by molar-refractivity contribution is 0.209. The molecular weight excluding hydrogens is 304 g/mol. The van der Waals surface area contributed by atoms with Gasteiger partial charge < -0.3 is 14.5 Å². The number of nitrogens with zero attached hydrogens (tertiary/aromatic N) is 3. The van der Waals surface area contributed by atoms with Crippen molar-refractivity contribution in [3.63, 3.8) is 0 Å². The van der Waals surface area contributed by atoms with Gasteiger partial charge in [-0.15, -0.1) is 5.10 Å². The van der Waals surface area contributed by atoms with Crippen LogP contribution in [0.5, 0.6) is 5.88 Å². The highest BCUT2D eigenvalue weighted by Crippen LogP contribution is 2.28. The van der Waals surface area contributed by atoms with Crippen molar-refractivity contribution >= 4 is 16.6 Å². The zero-order valence-corrected chi connectivity index (χ0v) is 13.6. The molecule has 0 aliphatic rings. The van der Waals surface area contributed by atoms with Gasteiger partial charge in [0.1, 0.15) is 17.4 Å². The maximum atomic E-state index is 5.93. The summed E-state index contributed by atoms with van der Waals surface area (Å²) < 4.78 is 13.5. The lowest BCUT2D eigenvalue weighted by Gasteiger charge is -2.13. The van der Waals surface area contributed by atoms with Crippen LogP contribution in [0.15, 0.2) is 53.1 Å². The summed E-state index contributed by atoms with van der Waals surface area (Å²) in [5.41, 5.74) is 2.39. The number of fused-ring (bicyclic) bond motifs is 2. The van der Waals surface area contributed by atoms with E-state index in [1.165, 1.54) is 0 Å².